The van der Waals surface area contributed by atoms with Crippen LogP contribution in [0.2, 0.25) is 0 Å². The number of alkyl halides is 3. The minimum absolute atomic E-state index is 0.229. The number of phenolic OH excluding ortho intramolecular Hbond substituents is 2. The molecule has 1 aromatic rings. The maximum atomic E-state index is 13.2. The van der Waals surface area contributed by atoms with Crippen molar-refractivity contribution < 1.29 is 23.4 Å². The van der Waals surface area contributed by atoms with Gasteiger partial charge in [0.1, 0.15) is 17.5 Å². The Balaban J connectivity index is 2.36. The quantitative estimate of drug-likeness (QED) is 0.768. The van der Waals surface area contributed by atoms with E-state index in [1.165, 1.54) is 4.90 Å². The fourth-order valence-corrected chi connectivity index (χ4v) is 2.28. The molecule has 1 aliphatic heterocycles. The molecule has 0 bridgehead atoms. The number of nitrogens with one attached hydrogen (secondary N) is 1. The lowest BCUT2D eigenvalue weighted by molar-refractivity contribution is -0.188. The third kappa shape index (κ3) is 3.10. The van der Waals surface area contributed by atoms with Crippen LogP contribution in [0, 0.1) is 0 Å². The van der Waals surface area contributed by atoms with Gasteiger partial charge in [-0.25, -0.2) is 0 Å². The second-order valence-electron chi connectivity index (χ2n) is 4.47. The minimum Gasteiger partial charge on any atom is -0.508 e. The molecule has 0 amide bonds. The normalized spacial score (nSPS) is 19.3. The maximum Gasteiger partial charge on any atom is 0.408 e. The highest BCUT2D eigenvalue weighted by molar-refractivity contribution is 5.41. The molecule has 0 unspecified atom stereocenters. The summed E-state index contributed by atoms with van der Waals surface area (Å²) in [6.45, 7) is 1.46. The molecule has 106 valence electrons. The van der Waals surface area contributed by atoms with Crippen LogP contribution in [0.3, 0.4) is 0 Å². The first-order chi connectivity index (χ1) is 8.89. The van der Waals surface area contributed by atoms with Gasteiger partial charge >= 0.3 is 6.18 Å². The zero-order valence-corrected chi connectivity index (χ0v) is 10.1. The van der Waals surface area contributed by atoms with E-state index in [1.54, 1.807) is 0 Å². The number of piperazine rings is 1. The van der Waals surface area contributed by atoms with Crippen LogP contribution in [-0.2, 0) is 0 Å². The van der Waals surface area contributed by atoms with Crippen LogP contribution in [0.4, 0.5) is 13.2 Å². The van der Waals surface area contributed by atoms with Gasteiger partial charge in [0.25, 0.3) is 0 Å². The highest BCUT2D eigenvalue weighted by Gasteiger charge is 2.46. The van der Waals surface area contributed by atoms with Gasteiger partial charge in [0.15, 0.2) is 0 Å². The van der Waals surface area contributed by atoms with Crippen molar-refractivity contribution in [2.45, 2.75) is 12.2 Å². The third-order valence-electron chi connectivity index (χ3n) is 3.14. The van der Waals surface area contributed by atoms with Crippen molar-refractivity contribution in [3.8, 4) is 11.5 Å². The van der Waals surface area contributed by atoms with E-state index in [2.05, 4.69) is 5.32 Å². The van der Waals surface area contributed by atoms with Gasteiger partial charge in [-0.3, -0.25) is 4.90 Å². The van der Waals surface area contributed by atoms with E-state index in [1.807, 2.05) is 0 Å². The molecule has 1 fully saturated rings. The molecule has 0 aliphatic carbocycles. The van der Waals surface area contributed by atoms with Crippen LogP contribution < -0.4 is 5.32 Å². The van der Waals surface area contributed by atoms with Crippen LogP contribution >= 0.6 is 0 Å². The molecule has 7 heteroatoms. The van der Waals surface area contributed by atoms with E-state index >= 15 is 0 Å². The molecule has 1 saturated heterocycles. The van der Waals surface area contributed by atoms with Gasteiger partial charge in [-0.15, -0.1) is 0 Å². The molecule has 4 nitrogen and oxygen atoms in total. The second kappa shape index (κ2) is 5.26. The van der Waals surface area contributed by atoms with Crippen molar-refractivity contribution in [1.29, 1.82) is 0 Å². The Hall–Kier alpha value is -1.47. The number of phenols is 2. The molecule has 3 N–H and O–H groups in total. The monoisotopic (exact) mass is 276 g/mol. The standard InChI is InChI=1S/C12H15F3N2O2/c13-12(14,15)11(17-5-3-16-4-6-17)9-2-1-8(18)7-10(9)19/h1-2,7,11,16,18-19H,3-6H2/t11-/m1/s1. The Kier molecular flexibility index (Phi) is 3.86. The number of aromatic hydroxyl groups is 2. The summed E-state index contributed by atoms with van der Waals surface area (Å²) < 4.78 is 39.7. The lowest BCUT2D eigenvalue weighted by Gasteiger charge is -2.36. The second-order valence-corrected chi connectivity index (χ2v) is 4.47. The maximum absolute atomic E-state index is 13.2. The highest BCUT2D eigenvalue weighted by atomic mass is 19.4. The topological polar surface area (TPSA) is 55.7 Å². The van der Waals surface area contributed by atoms with Crippen LogP contribution in [0.25, 0.3) is 0 Å². The Labute approximate surface area is 108 Å². The molecule has 1 atom stereocenters. The van der Waals surface area contributed by atoms with Crippen LogP contribution in [0.15, 0.2) is 18.2 Å². The van der Waals surface area contributed by atoms with E-state index < -0.39 is 18.0 Å². The van der Waals surface area contributed by atoms with E-state index in [9.17, 15) is 18.3 Å². The molecule has 0 aromatic heterocycles. The lowest BCUT2D eigenvalue weighted by Crippen LogP contribution is -2.49. The molecule has 19 heavy (non-hydrogen) atoms. The van der Waals surface area contributed by atoms with Crippen LogP contribution in [0.5, 0.6) is 11.5 Å². The van der Waals surface area contributed by atoms with Crippen LogP contribution in [0.1, 0.15) is 11.6 Å². The summed E-state index contributed by atoms with van der Waals surface area (Å²) >= 11 is 0. The number of halogens is 3. The van der Waals surface area contributed by atoms with E-state index in [0.29, 0.717) is 13.1 Å². The Morgan fingerprint density at radius 1 is 1.16 bits per heavy atom. The van der Waals surface area contributed by atoms with Gasteiger partial charge in [0, 0.05) is 37.8 Å². The zero-order chi connectivity index (χ0) is 14.0. The predicted molar refractivity (Wildman–Crippen MR) is 63.0 cm³/mol. The first-order valence-corrected chi connectivity index (χ1v) is 5.93. The Morgan fingerprint density at radius 3 is 2.32 bits per heavy atom. The Bertz CT molecular complexity index is 445. The van der Waals surface area contributed by atoms with Gasteiger partial charge in [-0.05, 0) is 12.1 Å². The lowest BCUT2D eigenvalue weighted by atomic mass is 10.0. The number of hydrogen-bond acceptors (Lipinski definition) is 4. The number of rotatable bonds is 2. The number of benzene rings is 1. The summed E-state index contributed by atoms with van der Waals surface area (Å²) in [6, 6.07) is 1.34. The van der Waals surface area contributed by atoms with E-state index in [0.717, 1.165) is 18.2 Å². The van der Waals surface area contributed by atoms with E-state index in [4.69, 9.17) is 5.11 Å². The van der Waals surface area contributed by atoms with Crippen molar-refractivity contribution in [2.75, 3.05) is 26.2 Å². The van der Waals surface area contributed by atoms with Crippen LogP contribution in [-0.4, -0.2) is 47.5 Å². The van der Waals surface area contributed by atoms with Crippen molar-refractivity contribution >= 4 is 0 Å². The summed E-state index contributed by atoms with van der Waals surface area (Å²) in [5.41, 5.74) is -0.229. The SMILES string of the molecule is Oc1ccc([C@@H](N2CCNCC2)C(F)(F)F)c(O)c1. The molecule has 2 rings (SSSR count). The van der Waals surface area contributed by atoms with Gasteiger partial charge < -0.3 is 15.5 Å². The highest BCUT2D eigenvalue weighted by Crippen LogP contribution is 2.42. The molecule has 0 saturated carbocycles. The predicted octanol–water partition coefficient (Wildman–Crippen LogP) is 1.61. The fraction of sp³-hybridized carbons (Fsp3) is 0.500. The molecule has 1 aromatic carbocycles. The fourth-order valence-electron chi connectivity index (χ4n) is 2.28. The molecule has 0 radical (unpaired) electrons. The third-order valence-corrected chi connectivity index (χ3v) is 3.14. The first-order valence-electron chi connectivity index (χ1n) is 5.93. The summed E-state index contributed by atoms with van der Waals surface area (Å²) in [4.78, 5) is 1.28. The molecule has 1 heterocycles. The summed E-state index contributed by atoms with van der Waals surface area (Å²) in [7, 11) is 0. The van der Waals surface area contributed by atoms with Gasteiger partial charge in [-0.1, -0.05) is 0 Å². The molecule has 0 spiro atoms. The molecule has 1 aliphatic rings. The summed E-state index contributed by atoms with van der Waals surface area (Å²) in [5, 5.41) is 21.8. The summed E-state index contributed by atoms with van der Waals surface area (Å²) in [6.07, 6.45) is -4.48. The van der Waals surface area contributed by atoms with Gasteiger partial charge in [-0.2, -0.15) is 13.2 Å². The van der Waals surface area contributed by atoms with Gasteiger partial charge in [0.05, 0.1) is 0 Å². The zero-order valence-electron chi connectivity index (χ0n) is 10.1. The Morgan fingerprint density at radius 2 is 1.79 bits per heavy atom. The summed E-state index contributed by atoms with van der Waals surface area (Å²) in [5.74, 6) is -0.802. The van der Waals surface area contributed by atoms with Gasteiger partial charge in [0.2, 0.25) is 0 Å². The van der Waals surface area contributed by atoms with Crippen molar-refractivity contribution in [1.82, 2.24) is 10.2 Å². The number of hydrogen-bond donors (Lipinski definition) is 3. The van der Waals surface area contributed by atoms with E-state index in [-0.39, 0.29) is 24.4 Å². The molecular weight excluding hydrogens is 261 g/mol. The van der Waals surface area contributed by atoms with Crippen molar-refractivity contribution in [3.63, 3.8) is 0 Å². The first kappa shape index (κ1) is 14.0. The average Bonchev–Trinajstić information content (AvgIpc) is 2.32. The molecular formula is C12H15F3N2O2. The average molecular weight is 276 g/mol. The smallest absolute Gasteiger partial charge is 0.408 e. The number of nitrogens with zero attached hydrogens (tertiary/aromatic N) is 1. The van der Waals surface area contributed by atoms with Crippen molar-refractivity contribution in [3.05, 3.63) is 23.8 Å². The van der Waals surface area contributed by atoms with Crippen molar-refractivity contribution in [2.24, 2.45) is 0 Å². The largest absolute Gasteiger partial charge is 0.508 e. The minimum atomic E-state index is -4.48.